The molecular formula is C19H21NO3. The molecule has 0 bridgehead atoms. The minimum absolute atomic E-state index is 0.00587. The lowest BCUT2D eigenvalue weighted by atomic mass is 10.1. The Morgan fingerprint density at radius 3 is 2.39 bits per heavy atom. The van der Waals surface area contributed by atoms with Crippen molar-refractivity contribution < 1.29 is 14.6 Å². The number of benzene rings is 2. The lowest BCUT2D eigenvalue weighted by Gasteiger charge is -2.39. The van der Waals surface area contributed by atoms with Crippen LogP contribution in [0.5, 0.6) is 11.5 Å². The third kappa shape index (κ3) is 3.02. The summed E-state index contributed by atoms with van der Waals surface area (Å²) in [6.07, 6.45) is 0.00587. The van der Waals surface area contributed by atoms with Crippen LogP contribution in [-0.2, 0) is 0 Å². The molecule has 0 radical (unpaired) electrons. The second-order valence-electron chi connectivity index (χ2n) is 6.19. The first-order valence-corrected chi connectivity index (χ1v) is 7.77. The van der Waals surface area contributed by atoms with Crippen LogP contribution in [0.2, 0.25) is 0 Å². The molecule has 2 aromatic carbocycles. The standard InChI is InChI=1S/C19H21NO3/c1-12-7-8-16(17(21)9-12)19(22)20-10-15(11-20)23-18-13(2)5-4-6-14(18)3/h4-9,15,21H,10-11H2,1-3H3. The second-order valence-corrected chi connectivity index (χ2v) is 6.19. The Morgan fingerprint density at radius 1 is 1.13 bits per heavy atom. The molecule has 1 fully saturated rings. The van der Waals surface area contributed by atoms with Crippen LogP contribution in [0.25, 0.3) is 0 Å². The maximum absolute atomic E-state index is 12.4. The van der Waals surface area contributed by atoms with Crippen LogP contribution in [0.15, 0.2) is 36.4 Å². The van der Waals surface area contributed by atoms with Gasteiger partial charge in [0.2, 0.25) is 0 Å². The molecule has 3 rings (SSSR count). The molecular weight excluding hydrogens is 290 g/mol. The molecule has 0 spiro atoms. The Labute approximate surface area is 136 Å². The van der Waals surface area contributed by atoms with Crippen LogP contribution in [0.3, 0.4) is 0 Å². The number of phenols is 1. The van der Waals surface area contributed by atoms with Gasteiger partial charge in [-0.25, -0.2) is 0 Å². The molecule has 1 saturated heterocycles. The molecule has 1 amide bonds. The fourth-order valence-electron chi connectivity index (χ4n) is 2.82. The first-order valence-electron chi connectivity index (χ1n) is 7.77. The zero-order valence-corrected chi connectivity index (χ0v) is 13.7. The van der Waals surface area contributed by atoms with Gasteiger partial charge in [-0.2, -0.15) is 0 Å². The minimum atomic E-state index is -0.149. The van der Waals surface area contributed by atoms with E-state index in [0.29, 0.717) is 18.7 Å². The van der Waals surface area contributed by atoms with Gasteiger partial charge in [0, 0.05) is 0 Å². The predicted molar refractivity (Wildman–Crippen MR) is 89.1 cm³/mol. The SMILES string of the molecule is Cc1ccc(C(=O)N2CC(Oc3c(C)cccc3C)C2)c(O)c1. The van der Waals surface area contributed by atoms with E-state index >= 15 is 0 Å². The number of phenolic OH excluding ortho intramolecular Hbond substituents is 1. The normalized spacial score (nSPS) is 14.5. The van der Waals surface area contributed by atoms with Crippen LogP contribution >= 0.6 is 0 Å². The summed E-state index contributed by atoms with van der Waals surface area (Å²) in [5.74, 6) is 0.792. The Morgan fingerprint density at radius 2 is 1.78 bits per heavy atom. The molecule has 4 heteroatoms. The zero-order valence-electron chi connectivity index (χ0n) is 13.7. The van der Waals surface area contributed by atoms with Gasteiger partial charge in [-0.05, 0) is 49.6 Å². The molecule has 0 aliphatic carbocycles. The van der Waals surface area contributed by atoms with Gasteiger partial charge in [0.05, 0.1) is 18.7 Å². The van der Waals surface area contributed by atoms with Crippen molar-refractivity contribution in [2.45, 2.75) is 26.9 Å². The smallest absolute Gasteiger partial charge is 0.257 e. The van der Waals surface area contributed by atoms with Crippen molar-refractivity contribution in [1.29, 1.82) is 0 Å². The number of aryl methyl sites for hydroxylation is 3. The Hall–Kier alpha value is -2.49. The fraction of sp³-hybridized carbons (Fsp3) is 0.316. The number of likely N-dealkylation sites (tertiary alicyclic amines) is 1. The van der Waals surface area contributed by atoms with Gasteiger partial charge in [-0.3, -0.25) is 4.79 Å². The van der Waals surface area contributed by atoms with Gasteiger partial charge in [0.1, 0.15) is 17.6 Å². The van der Waals surface area contributed by atoms with E-state index in [9.17, 15) is 9.90 Å². The molecule has 2 aromatic rings. The summed E-state index contributed by atoms with van der Waals surface area (Å²) >= 11 is 0. The highest BCUT2D eigenvalue weighted by molar-refractivity contribution is 5.97. The van der Waals surface area contributed by atoms with E-state index in [4.69, 9.17) is 4.74 Å². The van der Waals surface area contributed by atoms with Crippen LogP contribution in [0.4, 0.5) is 0 Å². The van der Waals surface area contributed by atoms with Crippen molar-refractivity contribution >= 4 is 5.91 Å². The number of amides is 1. The fourth-order valence-corrected chi connectivity index (χ4v) is 2.82. The number of hydrogen-bond acceptors (Lipinski definition) is 3. The molecule has 1 N–H and O–H groups in total. The molecule has 23 heavy (non-hydrogen) atoms. The van der Waals surface area contributed by atoms with Gasteiger partial charge in [0.25, 0.3) is 5.91 Å². The van der Waals surface area contributed by atoms with Gasteiger partial charge >= 0.3 is 0 Å². The Balaban J connectivity index is 1.64. The molecule has 1 aliphatic heterocycles. The van der Waals surface area contributed by atoms with E-state index in [2.05, 4.69) is 0 Å². The first kappa shape index (κ1) is 15.4. The highest BCUT2D eigenvalue weighted by Crippen LogP contribution is 2.28. The lowest BCUT2D eigenvalue weighted by Crippen LogP contribution is -2.56. The second kappa shape index (κ2) is 5.95. The number of para-hydroxylation sites is 1. The summed E-state index contributed by atoms with van der Waals surface area (Å²) in [6.45, 7) is 7.01. The summed E-state index contributed by atoms with van der Waals surface area (Å²) < 4.78 is 6.02. The van der Waals surface area contributed by atoms with E-state index in [1.54, 1.807) is 17.0 Å². The van der Waals surface area contributed by atoms with Crippen LogP contribution in [0.1, 0.15) is 27.0 Å². The lowest BCUT2D eigenvalue weighted by molar-refractivity contribution is 0.0171. The number of ether oxygens (including phenoxy) is 1. The molecule has 0 unspecified atom stereocenters. The highest BCUT2D eigenvalue weighted by atomic mass is 16.5. The summed E-state index contributed by atoms with van der Waals surface area (Å²) in [5.41, 5.74) is 3.48. The predicted octanol–water partition coefficient (Wildman–Crippen LogP) is 3.22. The summed E-state index contributed by atoms with van der Waals surface area (Å²) in [7, 11) is 0. The molecule has 0 atom stereocenters. The Bertz CT molecular complexity index is 728. The zero-order chi connectivity index (χ0) is 16.6. The number of nitrogens with zero attached hydrogens (tertiary/aromatic N) is 1. The van der Waals surface area contributed by atoms with E-state index < -0.39 is 0 Å². The number of rotatable bonds is 3. The van der Waals surface area contributed by atoms with Crippen LogP contribution < -0.4 is 4.74 Å². The summed E-state index contributed by atoms with van der Waals surface area (Å²) in [4.78, 5) is 14.1. The molecule has 1 heterocycles. The van der Waals surface area contributed by atoms with Crippen LogP contribution in [-0.4, -0.2) is 35.1 Å². The minimum Gasteiger partial charge on any atom is -0.507 e. The molecule has 4 nitrogen and oxygen atoms in total. The molecule has 0 saturated carbocycles. The molecule has 1 aliphatic rings. The van der Waals surface area contributed by atoms with Gasteiger partial charge in [-0.1, -0.05) is 24.3 Å². The average molecular weight is 311 g/mol. The average Bonchev–Trinajstić information content (AvgIpc) is 2.44. The van der Waals surface area contributed by atoms with Crippen molar-refractivity contribution in [2.75, 3.05) is 13.1 Å². The maximum atomic E-state index is 12.4. The summed E-state index contributed by atoms with van der Waals surface area (Å²) in [6, 6.07) is 11.2. The van der Waals surface area contributed by atoms with E-state index in [1.165, 1.54) is 0 Å². The number of carbonyl (C=O) groups excluding carboxylic acids is 1. The van der Waals surface area contributed by atoms with Gasteiger partial charge in [-0.15, -0.1) is 0 Å². The van der Waals surface area contributed by atoms with E-state index in [-0.39, 0.29) is 17.8 Å². The third-order valence-corrected chi connectivity index (χ3v) is 4.21. The van der Waals surface area contributed by atoms with E-state index in [0.717, 1.165) is 22.4 Å². The van der Waals surface area contributed by atoms with E-state index in [1.807, 2.05) is 45.0 Å². The quantitative estimate of drug-likeness (QED) is 0.947. The third-order valence-electron chi connectivity index (χ3n) is 4.21. The Kier molecular flexibility index (Phi) is 3.99. The summed E-state index contributed by atoms with van der Waals surface area (Å²) in [5, 5.41) is 9.93. The maximum Gasteiger partial charge on any atom is 0.257 e. The monoisotopic (exact) mass is 311 g/mol. The first-order chi connectivity index (χ1) is 11.0. The van der Waals surface area contributed by atoms with Crippen molar-refractivity contribution in [3.63, 3.8) is 0 Å². The van der Waals surface area contributed by atoms with Crippen molar-refractivity contribution in [3.8, 4) is 11.5 Å². The number of hydrogen-bond donors (Lipinski definition) is 1. The van der Waals surface area contributed by atoms with Crippen molar-refractivity contribution in [2.24, 2.45) is 0 Å². The molecule has 120 valence electrons. The van der Waals surface area contributed by atoms with Gasteiger partial charge in [0.15, 0.2) is 0 Å². The van der Waals surface area contributed by atoms with Gasteiger partial charge < -0.3 is 14.7 Å². The topological polar surface area (TPSA) is 49.8 Å². The van der Waals surface area contributed by atoms with Crippen molar-refractivity contribution in [3.05, 3.63) is 58.7 Å². The molecule has 0 aromatic heterocycles. The largest absolute Gasteiger partial charge is 0.507 e. The van der Waals surface area contributed by atoms with Crippen molar-refractivity contribution in [1.82, 2.24) is 4.90 Å². The number of carbonyl (C=O) groups is 1. The van der Waals surface area contributed by atoms with Crippen LogP contribution in [0, 0.1) is 20.8 Å². The highest BCUT2D eigenvalue weighted by Gasteiger charge is 2.34. The number of aromatic hydroxyl groups is 1.